The van der Waals surface area contributed by atoms with Crippen molar-refractivity contribution in [3.8, 4) is 11.5 Å². The Morgan fingerprint density at radius 2 is 1.89 bits per heavy atom. The summed E-state index contributed by atoms with van der Waals surface area (Å²) in [4.78, 5) is 2.38. The molecule has 1 aromatic carbocycles. The van der Waals surface area contributed by atoms with E-state index in [1.807, 2.05) is 12.1 Å². The first kappa shape index (κ1) is 14.6. The van der Waals surface area contributed by atoms with E-state index in [0.29, 0.717) is 18.0 Å². The van der Waals surface area contributed by atoms with Crippen molar-refractivity contribution in [3.05, 3.63) is 18.2 Å². The highest BCUT2D eigenvalue weighted by Crippen LogP contribution is 2.28. The lowest BCUT2D eigenvalue weighted by Crippen LogP contribution is -2.25. The molecule has 4 heteroatoms. The first-order chi connectivity index (χ1) is 8.71. The molecule has 0 radical (unpaired) electrons. The first-order valence-corrected chi connectivity index (χ1v) is 6.49. The second-order valence-corrected chi connectivity index (χ2v) is 4.14. The van der Waals surface area contributed by atoms with Crippen LogP contribution < -0.4 is 15.2 Å². The summed E-state index contributed by atoms with van der Waals surface area (Å²) in [5.74, 6) is 1.45. The molecule has 4 nitrogen and oxygen atoms in total. The minimum Gasteiger partial charge on any atom is -0.493 e. The fraction of sp³-hybridized carbons (Fsp3) is 0.571. The molecule has 0 bridgehead atoms. The van der Waals surface area contributed by atoms with Crippen molar-refractivity contribution in [2.24, 2.45) is 0 Å². The van der Waals surface area contributed by atoms with Crippen LogP contribution in [0.5, 0.6) is 11.5 Å². The van der Waals surface area contributed by atoms with Crippen LogP contribution >= 0.6 is 0 Å². The second kappa shape index (κ2) is 7.82. The smallest absolute Gasteiger partial charge is 0.162 e. The van der Waals surface area contributed by atoms with Crippen molar-refractivity contribution >= 4 is 5.69 Å². The quantitative estimate of drug-likeness (QED) is 0.570. The molecule has 0 atom stereocenters. The predicted molar refractivity (Wildman–Crippen MR) is 75.3 cm³/mol. The van der Waals surface area contributed by atoms with E-state index >= 15 is 0 Å². The van der Waals surface area contributed by atoms with Gasteiger partial charge in [-0.1, -0.05) is 13.8 Å². The molecule has 1 aromatic rings. The predicted octanol–water partition coefficient (Wildman–Crippen LogP) is 2.39. The molecular weight excluding hydrogens is 228 g/mol. The number of hydrogen-bond donors (Lipinski definition) is 1. The molecule has 0 saturated heterocycles. The SMILES string of the molecule is CCN(CC)CCCOc1ccc(N)cc1OC. The maximum Gasteiger partial charge on any atom is 0.162 e. The number of rotatable bonds is 8. The number of nitrogen functional groups attached to an aromatic ring is 1. The summed E-state index contributed by atoms with van der Waals surface area (Å²) in [7, 11) is 1.62. The van der Waals surface area contributed by atoms with Crippen LogP contribution in [0.25, 0.3) is 0 Å². The summed E-state index contributed by atoms with van der Waals surface area (Å²) in [5, 5.41) is 0. The van der Waals surface area contributed by atoms with Gasteiger partial charge in [-0.15, -0.1) is 0 Å². The van der Waals surface area contributed by atoms with E-state index in [1.165, 1.54) is 0 Å². The summed E-state index contributed by atoms with van der Waals surface area (Å²) in [5.41, 5.74) is 6.37. The highest BCUT2D eigenvalue weighted by atomic mass is 16.5. The fourth-order valence-corrected chi connectivity index (χ4v) is 1.81. The van der Waals surface area contributed by atoms with Crippen molar-refractivity contribution < 1.29 is 9.47 Å². The summed E-state index contributed by atoms with van der Waals surface area (Å²) in [6.07, 6.45) is 1.01. The van der Waals surface area contributed by atoms with Crippen LogP contribution in [0.2, 0.25) is 0 Å². The Morgan fingerprint density at radius 1 is 1.17 bits per heavy atom. The molecule has 0 fully saturated rings. The van der Waals surface area contributed by atoms with Crippen molar-refractivity contribution in [2.45, 2.75) is 20.3 Å². The van der Waals surface area contributed by atoms with Crippen LogP contribution in [0.3, 0.4) is 0 Å². The second-order valence-electron chi connectivity index (χ2n) is 4.14. The van der Waals surface area contributed by atoms with Crippen LogP contribution in [0.1, 0.15) is 20.3 Å². The van der Waals surface area contributed by atoms with Gasteiger partial charge in [0.2, 0.25) is 0 Å². The largest absolute Gasteiger partial charge is 0.493 e. The molecular formula is C14H24N2O2. The molecule has 0 spiro atoms. The lowest BCUT2D eigenvalue weighted by atomic mass is 10.3. The highest BCUT2D eigenvalue weighted by molar-refractivity contribution is 5.51. The van der Waals surface area contributed by atoms with Gasteiger partial charge >= 0.3 is 0 Å². The minimum atomic E-state index is 0.683. The molecule has 0 unspecified atom stereocenters. The van der Waals surface area contributed by atoms with E-state index in [0.717, 1.165) is 31.8 Å². The summed E-state index contributed by atoms with van der Waals surface area (Å²) in [6, 6.07) is 5.45. The molecule has 0 aliphatic rings. The van der Waals surface area contributed by atoms with E-state index in [-0.39, 0.29) is 0 Å². The normalized spacial score (nSPS) is 10.7. The standard InChI is InChI=1S/C14H24N2O2/c1-4-16(5-2)9-6-10-18-13-8-7-12(15)11-14(13)17-3/h7-8,11H,4-6,9-10,15H2,1-3H3. The summed E-state index contributed by atoms with van der Waals surface area (Å²) in [6.45, 7) is 8.27. The lowest BCUT2D eigenvalue weighted by molar-refractivity contribution is 0.242. The van der Waals surface area contributed by atoms with Gasteiger partial charge in [-0.25, -0.2) is 0 Å². The van der Waals surface area contributed by atoms with Gasteiger partial charge in [-0.3, -0.25) is 0 Å². The molecule has 0 saturated carbocycles. The third-order valence-electron chi connectivity index (χ3n) is 2.96. The van der Waals surface area contributed by atoms with Crippen molar-refractivity contribution in [3.63, 3.8) is 0 Å². The van der Waals surface area contributed by atoms with Gasteiger partial charge in [-0.2, -0.15) is 0 Å². The van der Waals surface area contributed by atoms with Gasteiger partial charge in [0, 0.05) is 18.3 Å². The third-order valence-corrected chi connectivity index (χ3v) is 2.96. The molecule has 102 valence electrons. The van der Waals surface area contributed by atoms with Crippen LogP contribution in [0.4, 0.5) is 5.69 Å². The number of ether oxygens (including phenoxy) is 2. The van der Waals surface area contributed by atoms with Gasteiger partial charge < -0.3 is 20.1 Å². The number of benzene rings is 1. The Kier molecular flexibility index (Phi) is 6.36. The monoisotopic (exact) mass is 252 g/mol. The van der Waals surface area contributed by atoms with Crippen molar-refractivity contribution in [1.82, 2.24) is 4.90 Å². The van der Waals surface area contributed by atoms with Gasteiger partial charge in [-0.05, 0) is 31.6 Å². The van der Waals surface area contributed by atoms with Gasteiger partial charge in [0.1, 0.15) is 0 Å². The highest BCUT2D eigenvalue weighted by Gasteiger charge is 2.05. The maximum atomic E-state index is 5.72. The zero-order chi connectivity index (χ0) is 13.4. The number of anilines is 1. The molecule has 0 aliphatic carbocycles. The van der Waals surface area contributed by atoms with E-state index in [4.69, 9.17) is 15.2 Å². The van der Waals surface area contributed by atoms with Crippen LogP contribution in [-0.2, 0) is 0 Å². The van der Waals surface area contributed by atoms with Crippen molar-refractivity contribution in [2.75, 3.05) is 39.1 Å². The number of nitrogens with two attached hydrogens (primary N) is 1. The average Bonchev–Trinajstić information content (AvgIpc) is 2.40. The fourth-order valence-electron chi connectivity index (χ4n) is 1.81. The Morgan fingerprint density at radius 3 is 2.50 bits per heavy atom. The lowest BCUT2D eigenvalue weighted by Gasteiger charge is -2.18. The van der Waals surface area contributed by atoms with Crippen molar-refractivity contribution in [1.29, 1.82) is 0 Å². The zero-order valence-electron chi connectivity index (χ0n) is 11.6. The van der Waals surface area contributed by atoms with E-state index in [2.05, 4.69) is 18.7 Å². The Balaban J connectivity index is 2.39. The molecule has 0 aliphatic heterocycles. The Bertz CT molecular complexity index is 352. The molecule has 0 aromatic heterocycles. The van der Waals surface area contributed by atoms with E-state index in [9.17, 15) is 0 Å². The van der Waals surface area contributed by atoms with Gasteiger partial charge in [0.05, 0.1) is 13.7 Å². The first-order valence-electron chi connectivity index (χ1n) is 6.49. The molecule has 0 heterocycles. The van der Waals surface area contributed by atoms with Crippen LogP contribution in [0.15, 0.2) is 18.2 Å². The molecule has 0 amide bonds. The van der Waals surface area contributed by atoms with E-state index < -0.39 is 0 Å². The summed E-state index contributed by atoms with van der Waals surface area (Å²) < 4.78 is 10.9. The molecule has 18 heavy (non-hydrogen) atoms. The van der Waals surface area contributed by atoms with Gasteiger partial charge in [0.15, 0.2) is 11.5 Å². The number of nitrogens with zero attached hydrogens (tertiary/aromatic N) is 1. The molecule has 2 N–H and O–H groups in total. The van der Waals surface area contributed by atoms with Crippen LogP contribution in [-0.4, -0.2) is 38.3 Å². The average molecular weight is 252 g/mol. The van der Waals surface area contributed by atoms with Gasteiger partial charge in [0.25, 0.3) is 0 Å². The molecule has 1 rings (SSSR count). The Hall–Kier alpha value is -1.42. The number of hydrogen-bond acceptors (Lipinski definition) is 4. The Labute approximate surface area is 110 Å². The summed E-state index contributed by atoms with van der Waals surface area (Å²) >= 11 is 0. The minimum absolute atomic E-state index is 0.683. The van der Waals surface area contributed by atoms with E-state index in [1.54, 1.807) is 13.2 Å². The third kappa shape index (κ3) is 4.45. The zero-order valence-corrected chi connectivity index (χ0v) is 11.6. The maximum absolute atomic E-state index is 5.72. The van der Waals surface area contributed by atoms with Crippen LogP contribution in [0, 0.1) is 0 Å². The number of methoxy groups -OCH3 is 1. The topological polar surface area (TPSA) is 47.7 Å².